The second kappa shape index (κ2) is 24.0. The summed E-state index contributed by atoms with van der Waals surface area (Å²) in [6, 6.07) is 31.4. The van der Waals surface area contributed by atoms with Crippen molar-refractivity contribution in [3.8, 4) is 22.5 Å². The number of piperazine rings is 2. The predicted molar refractivity (Wildman–Crippen MR) is 332 cm³/mol. The minimum Gasteiger partial charge on any atom is -0.444 e. The highest BCUT2D eigenvalue weighted by atomic mass is 35.5. The van der Waals surface area contributed by atoms with Crippen LogP contribution in [0.3, 0.4) is 0 Å². The van der Waals surface area contributed by atoms with E-state index in [-0.39, 0.29) is 68.5 Å². The fourth-order valence-corrected chi connectivity index (χ4v) is 15.0. The van der Waals surface area contributed by atoms with Crippen molar-refractivity contribution in [1.82, 2.24) is 29.6 Å². The lowest BCUT2D eigenvalue weighted by atomic mass is 10.0. The Morgan fingerprint density at radius 3 is 1.40 bits per heavy atom. The van der Waals surface area contributed by atoms with Crippen LogP contribution in [0, 0.1) is 11.6 Å². The van der Waals surface area contributed by atoms with E-state index in [1.54, 1.807) is 81.0 Å². The van der Waals surface area contributed by atoms with Gasteiger partial charge < -0.3 is 24.3 Å². The van der Waals surface area contributed by atoms with Crippen LogP contribution in [0.15, 0.2) is 131 Å². The molecule has 6 heterocycles. The van der Waals surface area contributed by atoms with Gasteiger partial charge in [-0.25, -0.2) is 23.5 Å². The molecule has 0 N–H and O–H groups in total. The summed E-state index contributed by atoms with van der Waals surface area (Å²) in [6.45, 7) is 27.3. The van der Waals surface area contributed by atoms with Crippen molar-refractivity contribution in [3.63, 3.8) is 0 Å². The largest absolute Gasteiger partial charge is 0.444 e. The number of nitrogens with zero attached hydrogens (tertiary/aromatic N) is 10. The number of benzene rings is 4. The Bertz CT molecular complexity index is 3690. The fraction of sp³-hybridized carbons (Fsp3) is 0.355. The molecule has 2 unspecified atom stereocenters. The number of amides is 2. The average molecular weight is 1210 g/mol. The number of fused-ring (bicyclic) bond motifs is 2. The summed E-state index contributed by atoms with van der Waals surface area (Å²) in [5.74, 6) is 1.03. The van der Waals surface area contributed by atoms with Crippen LogP contribution >= 0.6 is 38.1 Å². The molecule has 2 fully saturated rings. The molecule has 2 amide bonds. The third-order valence-corrected chi connectivity index (χ3v) is 18.9. The van der Waals surface area contributed by atoms with E-state index in [1.807, 2.05) is 92.9 Å². The summed E-state index contributed by atoms with van der Waals surface area (Å²) in [5.41, 5.74) is 5.06. The number of carbonyl (C=O) groups excluding carboxylic acids is 2. The zero-order chi connectivity index (χ0) is 60.0. The number of hydrogen-bond donors (Lipinski definition) is 0. The van der Waals surface area contributed by atoms with E-state index < -0.39 is 32.1 Å². The Kier molecular flexibility index (Phi) is 17.5. The van der Waals surface area contributed by atoms with E-state index in [2.05, 4.69) is 34.3 Å². The summed E-state index contributed by atoms with van der Waals surface area (Å²) in [6.07, 6.45) is 0.940. The maximum Gasteiger partial charge on any atom is 0.410 e. The van der Waals surface area contributed by atoms with Crippen LogP contribution < -0.4 is 9.34 Å². The van der Waals surface area contributed by atoms with Gasteiger partial charge in [0.15, 0.2) is 11.6 Å². The van der Waals surface area contributed by atoms with Crippen molar-refractivity contribution >= 4 is 84.8 Å². The SMILES string of the molecule is C=CC(=O)N1CCN(C2=NP(C)(=O)N(c3ccccc3C(C)C)c3nc(-c4ccccc4F)c(Cl)cc32)[C@@H](C)C1.CC(C)c1ccccc1N1c2nc(-c3ccccc3F)c(Cl)cc2C(N2CCN(C(=O)OC(C)(C)C)C[C@@H]2C)=NP1(C)=O. The number of ether oxygens (including phenoxy) is 1. The topological polar surface area (TPSA) is 147 Å². The second-order valence-corrected chi connectivity index (χ2v) is 28.3. The molecule has 4 atom stereocenters. The van der Waals surface area contributed by atoms with Crippen LogP contribution in [0.5, 0.6) is 0 Å². The van der Waals surface area contributed by atoms with Crippen molar-refractivity contribution in [2.45, 2.75) is 91.8 Å². The summed E-state index contributed by atoms with van der Waals surface area (Å²) < 4.78 is 77.9. The molecule has 0 bridgehead atoms. The molecule has 21 heteroatoms. The highest BCUT2D eigenvalue weighted by Gasteiger charge is 2.44. The van der Waals surface area contributed by atoms with Crippen LogP contribution in [-0.2, 0) is 18.7 Å². The highest BCUT2D eigenvalue weighted by Crippen LogP contribution is 2.62. The Balaban J connectivity index is 0.000000200. The highest BCUT2D eigenvalue weighted by molar-refractivity contribution is 7.64. The molecule has 0 spiro atoms. The van der Waals surface area contributed by atoms with Gasteiger partial charge in [-0.1, -0.05) is 118 Å². The van der Waals surface area contributed by atoms with E-state index >= 15 is 4.39 Å². The lowest BCUT2D eigenvalue weighted by Crippen LogP contribution is -2.56. The maximum absolute atomic E-state index is 15.0. The molecule has 2 saturated heterocycles. The summed E-state index contributed by atoms with van der Waals surface area (Å²) in [5, 5.41) is 0.510. The van der Waals surface area contributed by atoms with Gasteiger partial charge in [-0.15, -0.1) is 0 Å². The first-order valence-corrected chi connectivity index (χ1v) is 32.6. The van der Waals surface area contributed by atoms with Gasteiger partial charge >= 0.3 is 6.09 Å². The molecular formula is C62H70Cl2F2N10O5P2. The third kappa shape index (κ3) is 12.4. The molecule has 0 radical (unpaired) electrons. The van der Waals surface area contributed by atoms with E-state index in [4.69, 9.17) is 47.4 Å². The molecule has 4 aromatic carbocycles. The summed E-state index contributed by atoms with van der Waals surface area (Å²) in [4.78, 5) is 42.5. The number of amidine groups is 2. The van der Waals surface area contributed by atoms with Crippen LogP contribution in [0.25, 0.3) is 22.5 Å². The third-order valence-electron chi connectivity index (χ3n) is 14.9. The minimum absolute atomic E-state index is 0.122. The molecule has 2 aromatic heterocycles. The summed E-state index contributed by atoms with van der Waals surface area (Å²) >= 11 is 13.6. The van der Waals surface area contributed by atoms with Crippen molar-refractivity contribution in [2.75, 3.05) is 61.9 Å². The predicted octanol–water partition coefficient (Wildman–Crippen LogP) is 15.4. The lowest BCUT2D eigenvalue weighted by molar-refractivity contribution is -0.128. The average Bonchev–Trinajstić information content (AvgIpc) is 2.55. The Morgan fingerprint density at radius 2 is 1.01 bits per heavy atom. The van der Waals surface area contributed by atoms with Gasteiger partial charge in [0.2, 0.25) is 5.91 Å². The van der Waals surface area contributed by atoms with Gasteiger partial charge in [0.1, 0.15) is 28.9 Å². The van der Waals surface area contributed by atoms with Gasteiger partial charge in [-0.3, -0.25) is 23.3 Å². The molecule has 83 heavy (non-hydrogen) atoms. The van der Waals surface area contributed by atoms with Crippen molar-refractivity contribution < 1.29 is 32.2 Å². The Morgan fingerprint density at radius 1 is 0.627 bits per heavy atom. The number of rotatable bonds is 7. The molecule has 4 aliphatic heterocycles. The van der Waals surface area contributed by atoms with Crippen LogP contribution in [-0.4, -0.2) is 124 Å². The molecule has 0 saturated carbocycles. The standard InChI is InChI=1S/C32H38ClFN5O3P.C30H32ClFN5O2P/c1-20(2)22-12-9-11-15-27(22)39-29-24(18-25(33)28(35-29)23-13-8-10-14-26(23)34)30(36-43(39,7)41)38-17-16-37(19-21(38)3)31(40)42-32(4,5)6;1-6-27(38)35-15-16-36(20(4)18-35)30-23-17-24(31)28(22-12-7-9-13-25(22)32)33-29(23)37(40(5,39)34-30)26-14-10-8-11-21(26)19(2)3/h8-15,18,20-21H,16-17,19H2,1-7H3;6-14,17,19-20H,1,15-16,18H2,2-5H3/t21-,43?;20-,40?/m00/s1. The zero-order valence-electron chi connectivity index (χ0n) is 48.6. The molecule has 10 rings (SSSR count). The van der Waals surface area contributed by atoms with Gasteiger partial charge in [0, 0.05) is 75.8 Å². The molecule has 0 aliphatic carbocycles. The van der Waals surface area contributed by atoms with Gasteiger partial charge in [0.05, 0.1) is 43.9 Å². The normalized spacial score (nSPS) is 20.7. The Hall–Kier alpha value is -6.90. The van der Waals surface area contributed by atoms with Crippen molar-refractivity contribution in [2.24, 2.45) is 9.53 Å². The number of halogens is 4. The van der Waals surface area contributed by atoms with E-state index in [0.29, 0.717) is 73.7 Å². The number of aromatic nitrogens is 2. The number of hydrogen-bond acceptors (Lipinski definition) is 9. The van der Waals surface area contributed by atoms with Crippen LogP contribution in [0.1, 0.15) is 96.4 Å². The van der Waals surface area contributed by atoms with E-state index in [0.717, 1.165) is 22.5 Å². The molecule has 4 aliphatic rings. The first-order valence-electron chi connectivity index (χ1n) is 27.7. The number of anilines is 4. The molecule has 15 nitrogen and oxygen atoms in total. The minimum atomic E-state index is -3.49. The zero-order valence-corrected chi connectivity index (χ0v) is 51.9. The number of para-hydroxylation sites is 2. The van der Waals surface area contributed by atoms with Crippen molar-refractivity contribution in [1.29, 1.82) is 0 Å². The van der Waals surface area contributed by atoms with Gasteiger partial charge in [0.25, 0.3) is 14.9 Å². The van der Waals surface area contributed by atoms with E-state index in [1.165, 1.54) is 18.2 Å². The quantitative estimate of drug-likeness (QED) is 0.111. The smallest absolute Gasteiger partial charge is 0.410 e. The Labute approximate surface area is 495 Å². The first-order chi connectivity index (χ1) is 39.2. The van der Waals surface area contributed by atoms with Crippen molar-refractivity contribution in [3.05, 3.63) is 166 Å². The maximum atomic E-state index is 15.0. The second-order valence-electron chi connectivity index (χ2n) is 22.9. The first kappa shape index (κ1) is 60.7. The molecular weight excluding hydrogens is 1140 g/mol. The monoisotopic (exact) mass is 1200 g/mol. The van der Waals surface area contributed by atoms with Crippen LogP contribution in [0.2, 0.25) is 10.0 Å². The lowest BCUT2D eigenvalue weighted by Gasteiger charge is -2.44. The van der Waals surface area contributed by atoms with E-state index in [9.17, 15) is 23.1 Å². The number of carbonyl (C=O) groups is 2. The van der Waals surface area contributed by atoms with Gasteiger partial charge in [-0.05, 0) is 112 Å². The number of pyridine rings is 2. The summed E-state index contributed by atoms with van der Waals surface area (Å²) in [7, 11) is -6.95. The molecule has 6 aromatic rings. The molecule has 436 valence electrons. The van der Waals surface area contributed by atoms with Gasteiger partial charge in [-0.2, -0.15) is 9.53 Å². The van der Waals surface area contributed by atoms with Crippen LogP contribution in [0.4, 0.5) is 36.6 Å². The fourth-order valence-electron chi connectivity index (χ4n) is 11.0.